The topological polar surface area (TPSA) is 35.5 Å². The maximum Gasteiger partial charge on any atom is 0.416 e. The highest BCUT2D eigenvalue weighted by molar-refractivity contribution is 5.45. The van der Waals surface area contributed by atoms with Crippen LogP contribution in [0.4, 0.5) is 18.9 Å². The van der Waals surface area contributed by atoms with Crippen molar-refractivity contribution in [1.82, 2.24) is 4.90 Å². The first-order chi connectivity index (χ1) is 8.60. The Bertz CT molecular complexity index is 399. The second-order valence-corrected chi connectivity index (χ2v) is 5.16. The van der Waals surface area contributed by atoms with Crippen molar-refractivity contribution in [3.8, 4) is 0 Å². The van der Waals surface area contributed by atoms with Crippen molar-refractivity contribution in [3.63, 3.8) is 0 Å². The fraction of sp³-hybridized carbons (Fsp3) is 0.538. The number of benzene rings is 1. The number of halogens is 3. The molecule has 0 amide bonds. The standard InChI is InChI=1S/C13H19F3N2O/c1-12(19,9-18(2)3)8-17-11-6-4-10(5-7-11)13(14,15)16/h4-7,17,19H,8-9H2,1-3H3. The fourth-order valence-corrected chi connectivity index (χ4v) is 1.81. The molecule has 1 aromatic rings. The lowest BCUT2D eigenvalue weighted by atomic mass is 10.1. The van der Waals surface area contributed by atoms with Gasteiger partial charge in [-0.1, -0.05) is 0 Å². The van der Waals surface area contributed by atoms with Crippen LogP contribution in [0.15, 0.2) is 24.3 Å². The molecule has 0 radical (unpaired) electrons. The Morgan fingerprint density at radius 3 is 2.11 bits per heavy atom. The first-order valence-corrected chi connectivity index (χ1v) is 5.88. The van der Waals surface area contributed by atoms with Crippen molar-refractivity contribution < 1.29 is 18.3 Å². The molecule has 2 N–H and O–H groups in total. The van der Waals surface area contributed by atoms with Gasteiger partial charge in [-0.25, -0.2) is 0 Å². The highest BCUT2D eigenvalue weighted by Gasteiger charge is 2.30. The number of hydrogen-bond acceptors (Lipinski definition) is 3. The van der Waals surface area contributed by atoms with E-state index >= 15 is 0 Å². The van der Waals surface area contributed by atoms with Crippen LogP contribution < -0.4 is 5.32 Å². The third-order valence-electron chi connectivity index (χ3n) is 2.54. The van der Waals surface area contributed by atoms with Gasteiger partial charge in [0.2, 0.25) is 0 Å². The maximum absolute atomic E-state index is 12.4. The molecule has 19 heavy (non-hydrogen) atoms. The summed E-state index contributed by atoms with van der Waals surface area (Å²) in [6.45, 7) is 2.39. The van der Waals surface area contributed by atoms with Gasteiger partial charge in [0.15, 0.2) is 0 Å². The van der Waals surface area contributed by atoms with Crippen molar-refractivity contribution in [2.45, 2.75) is 18.7 Å². The second kappa shape index (κ2) is 5.79. The molecule has 0 saturated carbocycles. The molecule has 1 unspecified atom stereocenters. The summed E-state index contributed by atoms with van der Waals surface area (Å²) in [6, 6.07) is 4.75. The van der Waals surface area contributed by atoms with Gasteiger partial charge in [-0.15, -0.1) is 0 Å². The highest BCUT2D eigenvalue weighted by Crippen LogP contribution is 2.29. The Hall–Kier alpha value is -1.27. The predicted octanol–water partition coefficient (Wildman–Crippen LogP) is 2.43. The molecule has 1 aromatic carbocycles. The van der Waals surface area contributed by atoms with E-state index in [-0.39, 0.29) is 6.54 Å². The summed E-state index contributed by atoms with van der Waals surface area (Å²) in [7, 11) is 3.68. The fourth-order valence-electron chi connectivity index (χ4n) is 1.81. The van der Waals surface area contributed by atoms with Gasteiger partial charge in [0.25, 0.3) is 0 Å². The monoisotopic (exact) mass is 276 g/mol. The smallest absolute Gasteiger partial charge is 0.387 e. The molecule has 0 aliphatic rings. The van der Waals surface area contributed by atoms with Gasteiger partial charge >= 0.3 is 6.18 Å². The highest BCUT2D eigenvalue weighted by atomic mass is 19.4. The Morgan fingerprint density at radius 2 is 1.68 bits per heavy atom. The summed E-state index contributed by atoms with van der Waals surface area (Å²) < 4.78 is 37.1. The lowest BCUT2D eigenvalue weighted by molar-refractivity contribution is -0.137. The number of nitrogens with zero attached hydrogens (tertiary/aromatic N) is 1. The predicted molar refractivity (Wildman–Crippen MR) is 69.1 cm³/mol. The Kier molecular flexibility index (Phi) is 4.81. The summed E-state index contributed by atoms with van der Waals surface area (Å²) in [5.41, 5.74) is -1.09. The molecule has 6 heteroatoms. The summed E-state index contributed by atoms with van der Waals surface area (Å²) in [6.07, 6.45) is -4.32. The average molecular weight is 276 g/mol. The molecule has 3 nitrogen and oxygen atoms in total. The molecular weight excluding hydrogens is 257 g/mol. The number of likely N-dealkylation sites (N-methyl/N-ethyl adjacent to an activating group) is 1. The number of alkyl halides is 3. The SMILES string of the molecule is CN(C)CC(C)(O)CNc1ccc(C(F)(F)F)cc1. The van der Waals surface area contributed by atoms with Crippen LogP contribution in [0.3, 0.4) is 0 Å². The Morgan fingerprint density at radius 1 is 1.16 bits per heavy atom. The summed E-state index contributed by atoms with van der Waals surface area (Å²) >= 11 is 0. The number of aliphatic hydroxyl groups is 1. The van der Waals surface area contributed by atoms with E-state index in [0.29, 0.717) is 12.2 Å². The summed E-state index contributed by atoms with van der Waals surface area (Å²) in [5.74, 6) is 0. The normalized spacial score (nSPS) is 15.4. The number of anilines is 1. The number of rotatable bonds is 5. The van der Waals surface area contributed by atoms with E-state index in [1.807, 2.05) is 19.0 Å². The molecule has 0 fully saturated rings. The van der Waals surface area contributed by atoms with Crippen LogP contribution in [0, 0.1) is 0 Å². The van der Waals surface area contributed by atoms with Crippen molar-refractivity contribution in [2.24, 2.45) is 0 Å². The van der Waals surface area contributed by atoms with Crippen LogP contribution in [0.5, 0.6) is 0 Å². The second-order valence-electron chi connectivity index (χ2n) is 5.16. The lowest BCUT2D eigenvalue weighted by Crippen LogP contribution is -2.43. The van der Waals surface area contributed by atoms with Crippen molar-refractivity contribution in [3.05, 3.63) is 29.8 Å². The van der Waals surface area contributed by atoms with Gasteiger partial charge < -0.3 is 15.3 Å². The molecule has 0 aromatic heterocycles. The van der Waals surface area contributed by atoms with E-state index in [1.54, 1.807) is 6.92 Å². The van der Waals surface area contributed by atoms with Crippen LogP contribution in [0.2, 0.25) is 0 Å². The van der Waals surface area contributed by atoms with Crippen LogP contribution in [0.1, 0.15) is 12.5 Å². The molecule has 108 valence electrons. The van der Waals surface area contributed by atoms with E-state index in [2.05, 4.69) is 5.32 Å². The van der Waals surface area contributed by atoms with Gasteiger partial charge in [0.1, 0.15) is 0 Å². The first kappa shape index (κ1) is 15.8. The van der Waals surface area contributed by atoms with E-state index < -0.39 is 17.3 Å². The molecule has 0 aliphatic carbocycles. The van der Waals surface area contributed by atoms with Crippen LogP contribution in [-0.2, 0) is 6.18 Å². The molecule has 0 aliphatic heterocycles. The van der Waals surface area contributed by atoms with E-state index in [4.69, 9.17) is 0 Å². The van der Waals surface area contributed by atoms with Crippen LogP contribution >= 0.6 is 0 Å². The zero-order valence-corrected chi connectivity index (χ0v) is 11.3. The molecule has 0 spiro atoms. The first-order valence-electron chi connectivity index (χ1n) is 5.88. The third-order valence-corrected chi connectivity index (χ3v) is 2.54. The van der Waals surface area contributed by atoms with E-state index in [0.717, 1.165) is 12.1 Å². The molecule has 1 atom stereocenters. The van der Waals surface area contributed by atoms with Gasteiger partial charge in [0, 0.05) is 18.8 Å². The summed E-state index contributed by atoms with van der Waals surface area (Å²) in [5, 5.41) is 13.0. The van der Waals surface area contributed by atoms with Gasteiger partial charge in [-0.3, -0.25) is 0 Å². The van der Waals surface area contributed by atoms with E-state index in [9.17, 15) is 18.3 Å². The Balaban J connectivity index is 2.59. The molecular formula is C13H19F3N2O. The summed E-state index contributed by atoms with van der Waals surface area (Å²) in [4.78, 5) is 1.84. The van der Waals surface area contributed by atoms with Gasteiger partial charge in [-0.2, -0.15) is 13.2 Å². The largest absolute Gasteiger partial charge is 0.416 e. The minimum atomic E-state index is -4.32. The number of hydrogen-bond donors (Lipinski definition) is 2. The minimum absolute atomic E-state index is 0.260. The minimum Gasteiger partial charge on any atom is -0.387 e. The molecule has 1 rings (SSSR count). The molecule has 0 bridgehead atoms. The zero-order chi connectivity index (χ0) is 14.7. The van der Waals surface area contributed by atoms with Crippen molar-refractivity contribution in [2.75, 3.05) is 32.5 Å². The van der Waals surface area contributed by atoms with Gasteiger partial charge in [-0.05, 0) is 45.3 Å². The molecule has 0 saturated heterocycles. The average Bonchev–Trinajstić information content (AvgIpc) is 2.24. The van der Waals surface area contributed by atoms with Gasteiger partial charge in [0.05, 0.1) is 11.2 Å². The third kappa shape index (κ3) is 5.48. The van der Waals surface area contributed by atoms with Crippen molar-refractivity contribution >= 4 is 5.69 Å². The van der Waals surface area contributed by atoms with Crippen LogP contribution in [0.25, 0.3) is 0 Å². The van der Waals surface area contributed by atoms with E-state index in [1.165, 1.54) is 12.1 Å². The van der Waals surface area contributed by atoms with Crippen molar-refractivity contribution in [1.29, 1.82) is 0 Å². The molecule has 0 heterocycles. The maximum atomic E-state index is 12.4. The van der Waals surface area contributed by atoms with Crippen LogP contribution in [-0.4, -0.2) is 42.8 Å². The number of nitrogens with one attached hydrogen (secondary N) is 1. The lowest BCUT2D eigenvalue weighted by Gasteiger charge is -2.27. The Labute approximate surface area is 111 Å². The quantitative estimate of drug-likeness (QED) is 0.867. The zero-order valence-electron chi connectivity index (χ0n) is 11.3.